The van der Waals surface area contributed by atoms with Crippen molar-refractivity contribution in [2.75, 3.05) is 6.54 Å². The van der Waals surface area contributed by atoms with Gasteiger partial charge in [-0.25, -0.2) is 0 Å². The Morgan fingerprint density at radius 1 is 1.14 bits per heavy atom. The summed E-state index contributed by atoms with van der Waals surface area (Å²) >= 11 is 0. The van der Waals surface area contributed by atoms with Crippen LogP contribution in [0, 0.1) is 18.3 Å². The molecule has 37 heavy (non-hydrogen) atoms. The van der Waals surface area contributed by atoms with Crippen molar-refractivity contribution < 1.29 is 9.53 Å². The molecule has 1 amide bonds. The van der Waals surface area contributed by atoms with Crippen molar-refractivity contribution in [2.24, 2.45) is 0 Å². The fourth-order valence-electron chi connectivity index (χ4n) is 3.95. The van der Waals surface area contributed by atoms with Gasteiger partial charge in [0.25, 0.3) is 11.5 Å². The molecule has 1 N–H and O–H groups in total. The van der Waals surface area contributed by atoms with Crippen LogP contribution in [0.3, 0.4) is 0 Å². The Kier molecular flexibility index (Phi) is 7.80. The van der Waals surface area contributed by atoms with Crippen LogP contribution in [0.1, 0.15) is 42.0 Å². The lowest BCUT2D eigenvalue weighted by molar-refractivity contribution is -0.117. The van der Waals surface area contributed by atoms with Crippen LogP contribution < -0.4 is 15.6 Å². The number of nitrogens with one attached hydrogen (secondary N) is 1. The molecule has 2 aromatic carbocycles. The van der Waals surface area contributed by atoms with Gasteiger partial charge in [-0.15, -0.1) is 0 Å². The molecule has 4 rings (SSSR count). The first-order valence-corrected chi connectivity index (χ1v) is 12.1. The zero-order valence-corrected chi connectivity index (χ0v) is 21.1. The van der Waals surface area contributed by atoms with Crippen LogP contribution >= 0.6 is 0 Å². The van der Waals surface area contributed by atoms with Gasteiger partial charge < -0.3 is 10.1 Å². The second-order valence-corrected chi connectivity index (χ2v) is 9.02. The third-order valence-corrected chi connectivity index (χ3v) is 5.93. The van der Waals surface area contributed by atoms with E-state index in [1.54, 1.807) is 24.4 Å². The number of aryl methyl sites for hydroxylation is 1. The average molecular weight is 493 g/mol. The van der Waals surface area contributed by atoms with E-state index in [-0.39, 0.29) is 22.9 Å². The highest BCUT2D eigenvalue weighted by molar-refractivity contribution is 6.01. The number of carbonyl (C=O) groups excluding carboxylic acids is 1. The van der Waals surface area contributed by atoms with Gasteiger partial charge in [-0.1, -0.05) is 62.4 Å². The Labute approximate surface area is 215 Å². The zero-order chi connectivity index (χ0) is 26.4. The molecule has 7 nitrogen and oxygen atoms in total. The summed E-state index contributed by atoms with van der Waals surface area (Å²) in [5.41, 5.74) is 2.78. The number of ether oxygens (including phenoxy) is 1. The van der Waals surface area contributed by atoms with Gasteiger partial charge in [0, 0.05) is 12.7 Å². The molecule has 0 spiro atoms. The predicted octanol–water partition coefficient (Wildman–Crippen LogP) is 5.18. The number of benzene rings is 2. The Hall–Kier alpha value is -4.70. The van der Waals surface area contributed by atoms with Crippen molar-refractivity contribution in [3.8, 4) is 17.7 Å². The smallest absolute Gasteiger partial charge is 0.269 e. The van der Waals surface area contributed by atoms with Crippen LogP contribution in [-0.2, 0) is 11.2 Å². The topological polar surface area (TPSA) is 96.5 Å². The van der Waals surface area contributed by atoms with E-state index in [1.165, 1.54) is 10.5 Å². The lowest BCUT2D eigenvalue weighted by Crippen LogP contribution is -2.27. The molecule has 7 heteroatoms. The fraction of sp³-hybridized carbons (Fsp3) is 0.200. The standard InChI is InChI=1S/C30H28N4O3/c1-20(2)24-13-12-21(3)17-26(24)37-29-25(30(36)34-16-8-7-11-27(34)33-29)18-23(19-31)28(35)32-15-14-22-9-5-4-6-10-22/h4-13,16-18,20H,14-15H2,1-3H3,(H,32,35)/b23-18+. The molecule has 0 radical (unpaired) electrons. The fourth-order valence-corrected chi connectivity index (χ4v) is 3.95. The molecule has 4 aromatic rings. The zero-order valence-electron chi connectivity index (χ0n) is 21.1. The van der Waals surface area contributed by atoms with Gasteiger partial charge >= 0.3 is 0 Å². The van der Waals surface area contributed by atoms with Crippen molar-refractivity contribution in [1.82, 2.24) is 14.7 Å². The number of hydrogen-bond acceptors (Lipinski definition) is 5. The maximum atomic E-state index is 13.5. The third-order valence-electron chi connectivity index (χ3n) is 5.93. The second kappa shape index (κ2) is 11.4. The average Bonchev–Trinajstić information content (AvgIpc) is 2.89. The molecular formula is C30H28N4O3. The molecule has 0 aliphatic heterocycles. The molecule has 0 saturated carbocycles. The van der Waals surface area contributed by atoms with Crippen LogP contribution in [0.25, 0.3) is 11.7 Å². The molecule has 0 atom stereocenters. The van der Waals surface area contributed by atoms with Gasteiger partial charge in [-0.2, -0.15) is 10.2 Å². The molecule has 186 valence electrons. The normalized spacial score (nSPS) is 11.4. The summed E-state index contributed by atoms with van der Waals surface area (Å²) in [6, 6.07) is 22.7. The minimum absolute atomic E-state index is 0.0228. The highest BCUT2D eigenvalue weighted by Gasteiger charge is 2.19. The number of hydrogen-bond donors (Lipinski definition) is 1. The summed E-state index contributed by atoms with van der Waals surface area (Å²) in [6.07, 6.45) is 3.46. The predicted molar refractivity (Wildman–Crippen MR) is 144 cm³/mol. The van der Waals surface area contributed by atoms with E-state index in [0.29, 0.717) is 24.4 Å². The van der Waals surface area contributed by atoms with Gasteiger partial charge in [0.1, 0.15) is 28.6 Å². The van der Waals surface area contributed by atoms with E-state index < -0.39 is 11.5 Å². The second-order valence-electron chi connectivity index (χ2n) is 9.02. The molecule has 0 unspecified atom stereocenters. The number of nitriles is 1. The first kappa shape index (κ1) is 25.4. The van der Waals surface area contributed by atoms with Crippen molar-refractivity contribution >= 4 is 17.6 Å². The van der Waals surface area contributed by atoms with E-state index >= 15 is 0 Å². The first-order valence-electron chi connectivity index (χ1n) is 12.1. The number of amides is 1. The van der Waals surface area contributed by atoms with Crippen LogP contribution in [0.15, 0.2) is 83.3 Å². The Bertz CT molecular complexity index is 1560. The van der Waals surface area contributed by atoms with Gasteiger partial charge in [0.2, 0.25) is 5.88 Å². The van der Waals surface area contributed by atoms with Gasteiger partial charge in [-0.05, 0) is 60.2 Å². The SMILES string of the molecule is Cc1ccc(C(C)C)c(Oc2nc3ccccn3c(=O)c2/C=C(\C#N)C(=O)NCCc2ccccc2)c1. The van der Waals surface area contributed by atoms with Crippen molar-refractivity contribution in [3.63, 3.8) is 0 Å². The molecule has 2 heterocycles. The van der Waals surface area contributed by atoms with Crippen molar-refractivity contribution in [3.05, 3.63) is 111 Å². The summed E-state index contributed by atoms with van der Waals surface area (Å²) in [4.78, 5) is 30.8. The molecule has 2 aromatic heterocycles. The van der Waals surface area contributed by atoms with Gasteiger partial charge in [-0.3, -0.25) is 14.0 Å². The summed E-state index contributed by atoms with van der Waals surface area (Å²) in [5.74, 6) is 0.206. The Balaban J connectivity index is 1.73. The number of aromatic nitrogens is 2. The summed E-state index contributed by atoms with van der Waals surface area (Å²) in [7, 11) is 0. The van der Waals surface area contributed by atoms with E-state index in [9.17, 15) is 14.9 Å². The third kappa shape index (κ3) is 5.93. The van der Waals surface area contributed by atoms with Crippen molar-refractivity contribution in [2.45, 2.75) is 33.1 Å². The van der Waals surface area contributed by atoms with Crippen LogP contribution in [-0.4, -0.2) is 21.8 Å². The van der Waals surface area contributed by atoms with Crippen molar-refractivity contribution in [1.29, 1.82) is 5.26 Å². The number of pyridine rings is 1. The summed E-state index contributed by atoms with van der Waals surface area (Å²) < 4.78 is 7.59. The molecule has 0 fully saturated rings. The molecule has 0 bridgehead atoms. The van der Waals surface area contributed by atoms with E-state index in [1.807, 2.05) is 61.5 Å². The van der Waals surface area contributed by atoms with E-state index in [4.69, 9.17) is 4.74 Å². The molecular weight excluding hydrogens is 464 g/mol. The monoisotopic (exact) mass is 492 g/mol. The highest BCUT2D eigenvalue weighted by atomic mass is 16.5. The maximum absolute atomic E-state index is 13.5. The van der Waals surface area contributed by atoms with E-state index in [2.05, 4.69) is 24.1 Å². The first-order chi connectivity index (χ1) is 17.9. The molecule has 0 saturated heterocycles. The quantitative estimate of drug-likeness (QED) is 0.270. The summed E-state index contributed by atoms with van der Waals surface area (Å²) in [6.45, 7) is 6.40. The Morgan fingerprint density at radius 3 is 2.62 bits per heavy atom. The van der Waals surface area contributed by atoms with E-state index in [0.717, 1.165) is 16.7 Å². The van der Waals surface area contributed by atoms with Crippen LogP contribution in [0.4, 0.5) is 0 Å². The number of rotatable bonds is 8. The lowest BCUT2D eigenvalue weighted by atomic mass is 10.0. The van der Waals surface area contributed by atoms with Crippen LogP contribution in [0.5, 0.6) is 11.6 Å². The Morgan fingerprint density at radius 2 is 1.89 bits per heavy atom. The maximum Gasteiger partial charge on any atom is 0.269 e. The van der Waals surface area contributed by atoms with Gasteiger partial charge in [0.15, 0.2) is 0 Å². The summed E-state index contributed by atoms with van der Waals surface area (Å²) in [5, 5.41) is 12.5. The lowest BCUT2D eigenvalue weighted by Gasteiger charge is -2.16. The highest BCUT2D eigenvalue weighted by Crippen LogP contribution is 2.32. The van der Waals surface area contributed by atoms with Gasteiger partial charge in [0.05, 0.1) is 0 Å². The number of carbonyl (C=O) groups is 1. The minimum Gasteiger partial charge on any atom is -0.438 e. The van der Waals surface area contributed by atoms with Crippen LogP contribution in [0.2, 0.25) is 0 Å². The minimum atomic E-state index is -0.569. The number of fused-ring (bicyclic) bond motifs is 1. The molecule has 0 aliphatic rings. The molecule has 0 aliphatic carbocycles. The number of nitrogens with zero attached hydrogens (tertiary/aromatic N) is 3. The largest absolute Gasteiger partial charge is 0.438 e.